The monoisotopic (exact) mass is 445 g/mol. The standard InChI is InChI=1S/C20H17F6N3O2/c21-19(22,23)13-6-10(4-5-27-13)15-28-11-2-1-3-12(14(11)31-15)29-16(30)17-7-18(8-17,9-17)20(24,25)26/h4-6,12H,1-3,7-9H2,(H,29,30). The number of rotatable bonds is 3. The Labute approximate surface area is 172 Å². The second-order valence-electron chi connectivity index (χ2n) is 8.76. The number of nitrogens with zero attached hydrogens (tertiary/aromatic N) is 2. The van der Waals surface area contributed by atoms with Crippen LogP contribution in [0.5, 0.6) is 0 Å². The van der Waals surface area contributed by atoms with Crippen molar-refractivity contribution in [2.75, 3.05) is 0 Å². The molecule has 4 aliphatic carbocycles. The van der Waals surface area contributed by atoms with E-state index >= 15 is 0 Å². The van der Waals surface area contributed by atoms with Gasteiger partial charge >= 0.3 is 12.4 Å². The fourth-order valence-corrected chi connectivity index (χ4v) is 5.04. The Balaban J connectivity index is 1.34. The first-order valence-corrected chi connectivity index (χ1v) is 9.84. The van der Waals surface area contributed by atoms with Gasteiger partial charge in [0.25, 0.3) is 0 Å². The highest BCUT2D eigenvalue weighted by Gasteiger charge is 2.81. The maximum atomic E-state index is 13.0. The number of hydrogen-bond acceptors (Lipinski definition) is 4. The van der Waals surface area contributed by atoms with E-state index in [9.17, 15) is 31.1 Å². The Kier molecular flexibility index (Phi) is 4.08. The molecule has 3 saturated carbocycles. The summed E-state index contributed by atoms with van der Waals surface area (Å²) in [5.74, 6) is -0.101. The van der Waals surface area contributed by atoms with Crippen molar-refractivity contribution in [3.05, 3.63) is 35.5 Å². The number of alkyl halides is 6. The summed E-state index contributed by atoms with van der Waals surface area (Å²) >= 11 is 0. The van der Waals surface area contributed by atoms with Crippen LogP contribution in [0.15, 0.2) is 22.7 Å². The Morgan fingerprint density at radius 1 is 1.16 bits per heavy atom. The number of aryl methyl sites for hydroxylation is 1. The van der Waals surface area contributed by atoms with Gasteiger partial charge in [0.05, 0.1) is 22.6 Å². The topological polar surface area (TPSA) is 68.0 Å². The third-order valence-corrected chi connectivity index (χ3v) is 6.67. The number of aromatic nitrogens is 2. The second kappa shape index (κ2) is 6.23. The van der Waals surface area contributed by atoms with Crippen molar-refractivity contribution < 1.29 is 35.6 Å². The lowest BCUT2D eigenvalue weighted by atomic mass is 9.34. The molecule has 1 unspecified atom stereocenters. The number of amides is 1. The maximum absolute atomic E-state index is 13.0. The highest BCUT2D eigenvalue weighted by molar-refractivity contribution is 5.87. The van der Waals surface area contributed by atoms with Crippen LogP contribution in [-0.2, 0) is 17.4 Å². The number of fused-ring (bicyclic) bond motifs is 1. The first kappa shape index (κ1) is 20.3. The summed E-state index contributed by atoms with van der Waals surface area (Å²) in [5.41, 5.74) is -3.15. The number of oxazole rings is 1. The molecule has 2 aromatic rings. The molecule has 6 rings (SSSR count). The Morgan fingerprint density at radius 3 is 2.52 bits per heavy atom. The summed E-state index contributed by atoms with van der Waals surface area (Å²) in [5, 5.41) is 2.79. The zero-order valence-corrected chi connectivity index (χ0v) is 16.0. The normalized spacial score (nSPS) is 29.5. The minimum absolute atomic E-state index is 0.0133. The van der Waals surface area contributed by atoms with Gasteiger partial charge in [-0.25, -0.2) is 4.98 Å². The predicted molar refractivity (Wildman–Crippen MR) is 93.3 cm³/mol. The van der Waals surface area contributed by atoms with Gasteiger partial charge in [-0.1, -0.05) is 0 Å². The number of carbonyl (C=O) groups excluding carboxylic acids is 1. The highest BCUT2D eigenvalue weighted by Crippen LogP contribution is 2.78. The molecule has 0 spiro atoms. The first-order chi connectivity index (χ1) is 14.4. The quantitative estimate of drug-likeness (QED) is 0.677. The fraction of sp³-hybridized carbons (Fsp3) is 0.550. The van der Waals surface area contributed by atoms with Crippen molar-refractivity contribution >= 4 is 5.91 Å². The molecule has 2 aromatic heterocycles. The molecule has 2 heterocycles. The number of halogens is 6. The summed E-state index contributed by atoms with van der Waals surface area (Å²) in [6.07, 6.45) is -6.80. The lowest BCUT2D eigenvalue weighted by Crippen LogP contribution is -2.72. The SMILES string of the molecule is O=C(NC1CCCc2nc(-c3ccnc(C(F)(F)F)c3)oc21)C12CC(C(F)(F)F)(C1)C2. The van der Waals surface area contributed by atoms with Gasteiger partial charge in [-0.05, 0) is 50.7 Å². The molecule has 1 amide bonds. The first-order valence-electron chi connectivity index (χ1n) is 9.84. The Morgan fingerprint density at radius 2 is 1.87 bits per heavy atom. The van der Waals surface area contributed by atoms with Gasteiger partial charge in [0.2, 0.25) is 11.8 Å². The molecule has 0 aliphatic heterocycles. The highest BCUT2D eigenvalue weighted by atomic mass is 19.4. The minimum atomic E-state index is -4.62. The average molecular weight is 445 g/mol. The van der Waals surface area contributed by atoms with Crippen LogP contribution in [0, 0.1) is 10.8 Å². The van der Waals surface area contributed by atoms with Crippen LogP contribution in [0.1, 0.15) is 55.3 Å². The molecule has 166 valence electrons. The van der Waals surface area contributed by atoms with Crippen molar-refractivity contribution in [1.29, 1.82) is 0 Å². The molecule has 1 N–H and O–H groups in total. The van der Waals surface area contributed by atoms with Crippen molar-refractivity contribution in [3.8, 4) is 11.5 Å². The minimum Gasteiger partial charge on any atom is -0.439 e. The molecular formula is C20H17F6N3O2. The molecule has 11 heteroatoms. The molecule has 3 fully saturated rings. The van der Waals surface area contributed by atoms with Crippen LogP contribution < -0.4 is 5.32 Å². The van der Waals surface area contributed by atoms with Gasteiger partial charge in [-0.15, -0.1) is 0 Å². The smallest absolute Gasteiger partial charge is 0.433 e. The maximum Gasteiger partial charge on any atom is 0.433 e. The van der Waals surface area contributed by atoms with E-state index in [0.717, 1.165) is 12.3 Å². The van der Waals surface area contributed by atoms with Gasteiger partial charge in [-0.2, -0.15) is 26.3 Å². The predicted octanol–water partition coefficient (Wildman–Crippen LogP) is 4.98. The molecule has 2 bridgehead atoms. The van der Waals surface area contributed by atoms with Crippen LogP contribution in [-0.4, -0.2) is 22.1 Å². The molecule has 0 radical (unpaired) electrons. The molecule has 4 aliphatic rings. The third kappa shape index (κ3) is 3.03. The Bertz CT molecular complexity index is 1040. The van der Waals surface area contributed by atoms with Gasteiger partial charge in [0, 0.05) is 11.8 Å². The van der Waals surface area contributed by atoms with E-state index < -0.39 is 40.8 Å². The fourth-order valence-electron chi connectivity index (χ4n) is 5.04. The van der Waals surface area contributed by atoms with Crippen molar-refractivity contribution in [3.63, 3.8) is 0 Å². The van der Waals surface area contributed by atoms with E-state index in [-0.39, 0.29) is 30.7 Å². The molecule has 1 atom stereocenters. The molecule has 0 aromatic carbocycles. The van der Waals surface area contributed by atoms with Gasteiger partial charge in [-0.3, -0.25) is 9.78 Å². The van der Waals surface area contributed by atoms with E-state index in [4.69, 9.17) is 4.42 Å². The largest absolute Gasteiger partial charge is 0.439 e. The van der Waals surface area contributed by atoms with Gasteiger partial charge in [0.1, 0.15) is 11.5 Å². The van der Waals surface area contributed by atoms with Crippen LogP contribution >= 0.6 is 0 Å². The zero-order chi connectivity index (χ0) is 22.2. The molecule has 31 heavy (non-hydrogen) atoms. The average Bonchev–Trinajstić information content (AvgIpc) is 3.03. The number of pyridine rings is 1. The molecule has 0 saturated heterocycles. The molecule has 5 nitrogen and oxygen atoms in total. The number of hydrogen-bond donors (Lipinski definition) is 1. The van der Waals surface area contributed by atoms with E-state index in [1.165, 1.54) is 6.07 Å². The summed E-state index contributed by atoms with van der Waals surface area (Å²) in [6.45, 7) is 0. The summed E-state index contributed by atoms with van der Waals surface area (Å²) in [6, 6.07) is 1.61. The second-order valence-corrected chi connectivity index (χ2v) is 8.76. The van der Waals surface area contributed by atoms with Crippen molar-refractivity contribution in [1.82, 2.24) is 15.3 Å². The van der Waals surface area contributed by atoms with E-state index in [2.05, 4.69) is 15.3 Å². The van der Waals surface area contributed by atoms with Crippen LogP contribution in [0.25, 0.3) is 11.5 Å². The summed E-state index contributed by atoms with van der Waals surface area (Å²) in [4.78, 5) is 20.3. The lowest BCUT2D eigenvalue weighted by Gasteiger charge is -2.69. The molecular weight excluding hydrogens is 428 g/mol. The van der Waals surface area contributed by atoms with E-state index in [1.54, 1.807) is 0 Å². The van der Waals surface area contributed by atoms with Gasteiger partial charge < -0.3 is 9.73 Å². The summed E-state index contributed by atoms with van der Waals surface area (Å²) in [7, 11) is 0. The Hall–Kier alpha value is -2.59. The lowest BCUT2D eigenvalue weighted by molar-refractivity contribution is -0.351. The number of carbonyl (C=O) groups is 1. The van der Waals surface area contributed by atoms with Crippen LogP contribution in [0.4, 0.5) is 26.3 Å². The van der Waals surface area contributed by atoms with Crippen molar-refractivity contribution in [2.24, 2.45) is 10.8 Å². The van der Waals surface area contributed by atoms with Crippen molar-refractivity contribution in [2.45, 2.75) is 56.9 Å². The van der Waals surface area contributed by atoms with E-state index in [1.807, 2.05) is 0 Å². The summed E-state index contributed by atoms with van der Waals surface area (Å²) < 4.78 is 83.7. The zero-order valence-electron chi connectivity index (χ0n) is 16.0. The van der Waals surface area contributed by atoms with E-state index in [0.29, 0.717) is 30.7 Å². The van der Waals surface area contributed by atoms with Crippen LogP contribution in [0.3, 0.4) is 0 Å². The third-order valence-electron chi connectivity index (χ3n) is 6.67. The van der Waals surface area contributed by atoms with Crippen LogP contribution in [0.2, 0.25) is 0 Å². The van der Waals surface area contributed by atoms with Gasteiger partial charge in [0.15, 0.2) is 0 Å². The number of nitrogens with one attached hydrogen (secondary N) is 1.